The van der Waals surface area contributed by atoms with Gasteiger partial charge in [-0.3, -0.25) is 4.79 Å². The van der Waals surface area contributed by atoms with Crippen molar-refractivity contribution in [3.63, 3.8) is 0 Å². The number of halogens is 1. The van der Waals surface area contributed by atoms with Crippen LogP contribution in [0.15, 0.2) is 12.1 Å². The van der Waals surface area contributed by atoms with Crippen molar-refractivity contribution in [2.45, 2.75) is 52.5 Å². The second kappa shape index (κ2) is 8.00. The Morgan fingerprint density at radius 3 is 2.45 bits per heavy atom. The molecule has 0 aromatic heterocycles. The normalized spacial score (nSPS) is 12.2. The van der Waals surface area contributed by atoms with Gasteiger partial charge in [0.15, 0.2) is 0 Å². The van der Waals surface area contributed by atoms with E-state index in [2.05, 4.69) is 0 Å². The molecule has 0 radical (unpaired) electrons. The lowest BCUT2D eigenvalue weighted by Gasteiger charge is -2.17. The van der Waals surface area contributed by atoms with E-state index in [4.69, 9.17) is 10.5 Å². The summed E-state index contributed by atoms with van der Waals surface area (Å²) in [6, 6.07) is 2.92. The fraction of sp³-hybridized carbons (Fsp3) is 0.562. The van der Waals surface area contributed by atoms with Crippen LogP contribution in [0.1, 0.15) is 55.3 Å². The molecule has 20 heavy (non-hydrogen) atoms. The van der Waals surface area contributed by atoms with Gasteiger partial charge in [0.25, 0.3) is 0 Å². The number of unbranched alkanes of at least 4 members (excludes halogenated alkanes) is 1. The number of carbonyl (C=O) groups excluding carboxylic acids is 1. The number of rotatable bonds is 7. The van der Waals surface area contributed by atoms with Crippen molar-refractivity contribution in [1.29, 1.82) is 0 Å². The molecule has 3 nitrogen and oxygen atoms in total. The second-order valence-corrected chi connectivity index (χ2v) is 5.11. The third-order valence-corrected chi connectivity index (χ3v) is 3.38. The molecule has 0 aliphatic carbocycles. The standard InChI is InChI=1S/C16H24FNO2/c1-4-20-15(19)8-6-5-7-14(18)16-11(2)9-13(17)10-12(16)3/h9-10,14H,4-8,18H2,1-3H3. The first-order chi connectivity index (χ1) is 9.45. The van der Waals surface area contributed by atoms with E-state index in [-0.39, 0.29) is 17.8 Å². The minimum absolute atomic E-state index is 0.113. The molecule has 1 rings (SSSR count). The first-order valence-electron chi connectivity index (χ1n) is 7.13. The summed E-state index contributed by atoms with van der Waals surface area (Å²) in [5.41, 5.74) is 8.98. The van der Waals surface area contributed by atoms with Crippen LogP contribution in [0.25, 0.3) is 0 Å². The maximum atomic E-state index is 13.2. The van der Waals surface area contributed by atoms with Crippen LogP contribution in [0.2, 0.25) is 0 Å². The Morgan fingerprint density at radius 2 is 1.90 bits per heavy atom. The van der Waals surface area contributed by atoms with E-state index < -0.39 is 0 Å². The van der Waals surface area contributed by atoms with Crippen molar-refractivity contribution in [2.75, 3.05) is 6.61 Å². The highest BCUT2D eigenvalue weighted by Crippen LogP contribution is 2.25. The van der Waals surface area contributed by atoms with E-state index in [1.807, 2.05) is 13.8 Å². The molecule has 0 aliphatic rings. The van der Waals surface area contributed by atoms with Crippen molar-refractivity contribution < 1.29 is 13.9 Å². The van der Waals surface area contributed by atoms with Crippen LogP contribution in [0, 0.1) is 19.7 Å². The average molecular weight is 281 g/mol. The van der Waals surface area contributed by atoms with E-state index in [9.17, 15) is 9.18 Å². The molecule has 2 N–H and O–H groups in total. The quantitative estimate of drug-likeness (QED) is 0.614. The lowest BCUT2D eigenvalue weighted by Crippen LogP contribution is -2.14. The Kier molecular flexibility index (Phi) is 6.65. The molecular weight excluding hydrogens is 257 g/mol. The Bertz CT molecular complexity index is 437. The van der Waals surface area contributed by atoms with Gasteiger partial charge in [0.05, 0.1) is 6.61 Å². The summed E-state index contributed by atoms with van der Waals surface area (Å²) in [7, 11) is 0. The van der Waals surface area contributed by atoms with Crippen LogP contribution in [0.4, 0.5) is 4.39 Å². The number of aryl methyl sites for hydroxylation is 2. The Labute approximate surface area is 120 Å². The molecule has 112 valence electrons. The predicted molar refractivity (Wildman–Crippen MR) is 77.9 cm³/mol. The van der Waals surface area contributed by atoms with Gasteiger partial charge in [-0.05, 0) is 62.4 Å². The minimum atomic E-state index is -0.224. The smallest absolute Gasteiger partial charge is 0.305 e. The van der Waals surface area contributed by atoms with Crippen LogP contribution in [-0.2, 0) is 9.53 Å². The molecule has 1 aromatic carbocycles. The molecule has 0 saturated carbocycles. The number of hydrogen-bond donors (Lipinski definition) is 1. The molecule has 0 fully saturated rings. The molecule has 0 aliphatic heterocycles. The van der Waals surface area contributed by atoms with Gasteiger partial charge in [-0.25, -0.2) is 4.39 Å². The Balaban J connectivity index is 2.47. The van der Waals surface area contributed by atoms with Gasteiger partial charge >= 0.3 is 5.97 Å². The maximum Gasteiger partial charge on any atom is 0.305 e. The van der Waals surface area contributed by atoms with Crippen LogP contribution in [-0.4, -0.2) is 12.6 Å². The van der Waals surface area contributed by atoms with E-state index in [0.29, 0.717) is 13.0 Å². The SMILES string of the molecule is CCOC(=O)CCCCC(N)c1c(C)cc(F)cc1C. The number of benzene rings is 1. The van der Waals surface area contributed by atoms with Crippen molar-refractivity contribution in [2.24, 2.45) is 5.73 Å². The first-order valence-corrected chi connectivity index (χ1v) is 7.13. The minimum Gasteiger partial charge on any atom is -0.466 e. The molecular formula is C16H24FNO2. The topological polar surface area (TPSA) is 52.3 Å². The molecule has 4 heteroatoms. The molecule has 1 aromatic rings. The highest BCUT2D eigenvalue weighted by Gasteiger charge is 2.13. The summed E-state index contributed by atoms with van der Waals surface area (Å²) in [6.45, 7) is 5.98. The van der Waals surface area contributed by atoms with Crippen molar-refractivity contribution in [3.05, 3.63) is 34.6 Å². The summed E-state index contributed by atoms with van der Waals surface area (Å²) >= 11 is 0. The lowest BCUT2D eigenvalue weighted by atomic mass is 9.93. The van der Waals surface area contributed by atoms with Crippen molar-refractivity contribution >= 4 is 5.97 Å². The zero-order valence-corrected chi connectivity index (χ0v) is 12.5. The van der Waals surface area contributed by atoms with Gasteiger partial charge in [0.2, 0.25) is 0 Å². The highest BCUT2D eigenvalue weighted by molar-refractivity contribution is 5.69. The summed E-state index contributed by atoms with van der Waals surface area (Å²) in [5.74, 6) is -0.381. The van der Waals surface area contributed by atoms with E-state index in [1.165, 1.54) is 12.1 Å². The zero-order valence-electron chi connectivity index (χ0n) is 12.5. The number of esters is 1. The number of nitrogens with two attached hydrogens (primary N) is 1. The van der Waals surface area contributed by atoms with Crippen LogP contribution >= 0.6 is 0 Å². The Morgan fingerprint density at radius 1 is 1.30 bits per heavy atom. The highest BCUT2D eigenvalue weighted by atomic mass is 19.1. The molecule has 1 atom stereocenters. The van der Waals surface area contributed by atoms with E-state index in [1.54, 1.807) is 6.92 Å². The van der Waals surface area contributed by atoms with Gasteiger partial charge in [-0.1, -0.05) is 6.42 Å². The molecule has 0 saturated heterocycles. The van der Waals surface area contributed by atoms with Gasteiger partial charge in [0.1, 0.15) is 5.82 Å². The van der Waals surface area contributed by atoms with Crippen molar-refractivity contribution in [1.82, 2.24) is 0 Å². The largest absolute Gasteiger partial charge is 0.466 e. The van der Waals surface area contributed by atoms with Gasteiger partial charge in [-0.15, -0.1) is 0 Å². The monoisotopic (exact) mass is 281 g/mol. The van der Waals surface area contributed by atoms with E-state index >= 15 is 0 Å². The van der Waals surface area contributed by atoms with Crippen LogP contribution in [0.3, 0.4) is 0 Å². The molecule has 0 heterocycles. The number of carbonyl (C=O) groups is 1. The van der Waals surface area contributed by atoms with Gasteiger partial charge in [0, 0.05) is 12.5 Å². The summed E-state index contributed by atoms with van der Waals surface area (Å²) in [4.78, 5) is 11.2. The summed E-state index contributed by atoms with van der Waals surface area (Å²) in [5, 5.41) is 0. The second-order valence-electron chi connectivity index (χ2n) is 5.11. The lowest BCUT2D eigenvalue weighted by molar-refractivity contribution is -0.143. The molecule has 0 spiro atoms. The molecule has 1 unspecified atom stereocenters. The number of ether oxygens (including phenoxy) is 1. The molecule has 0 bridgehead atoms. The van der Waals surface area contributed by atoms with E-state index in [0.717, 1.165) is 36.0 Å². The fourth-order valence-corrected chi connectivity index (χ4v) is 2.52. The average Bonchev–Trinajstić information content (AvgIpc) is 2.33. The summed E-state index contributed by atoms with van der Waals surface area (Å²) < 4.78 is 18.1. The summed E-state index contributed by atoms with van der Waals surface area (Å²) in [6.07, 6.45) is 2.84. The van der Waals surface area contributed by atoms with Crippen LogP contribution < -0.4 is 5.73 Å². The Hall–Kier alpha value is -1.42. The van der Waals surface area contributed by atoms with Gasteiger partial charge in [-0.2, -0.15) is 0 Å². The number of hydrogen-bond acceptors (Lipinski definition) is 3. The van der Waals surface area contributed by atoms with Gasteiger partial charge < -0.3 is 10.5 Å². The molecule has 0 amide bonds. The van der Waals surface area contributed by atoms with Crippen molar-refractivity contribution in [3.8, 4) is 0 Å². The maximum absolute atomic E-state index is 13.2. The fourth-order valence-electron chi connectivity index (χ4n) is 2.52. The third kappa shape index (κ3) is 4.93. The first kappa shape index (κ1) is 16.6. The zero-order chi connectivity index (χ0) is 15.1. The third-order valence-electron chi connectivity index (χ3n) is 3.38. The van der Waals surface area contributed by atoms with Crippen LogP contribution in [0.5, 0.6) is 0 Å². The predicted octanol–water partition coefficient (Wildman–Crippen LogP) is 3.57.